The van der Waals surface area contributed by atoms with Crippen LogP contribution in [0.1, 0.15) is 16.7 Å². The Bertz CT molecular complexity index is 539. The summed E-state index contributed by atoms with van der Waals surface area (Å²) in [6, 6.07) is 6.60. The van der Waals surface area contributed by atoms with E-state index < -0.39 is 7.25 Å². The third-order valence-electron chi connectivity index (χ3n) is 2.63. The lowest BCUT2D eigenvalue weighted by Gasteiger charge is -2.09. The summed E-state index contributed by atoms with van der Waals surface area (Å²) in [6.07, 6.45) is 4.29. The minimum absolute atomic E-state index is 1.23. The number of hydrogen-bond donors (Lipinski definition) is 0. The van der Waals surface area contributed by atoms with Crippen LogP contribution < -0.4 is 0 Å². The highest BCUT2D eigenvalue weighted by Crippen LogP contribution is 2.17. The number of hydrogen-bond acceptors (Lipinski definition) is 1. The Morgan fingerprint density at radius 1 is 1.05 bits per heavy atom. The molecule has 0 amide bonds. The highest BCUT2D eigenvalue weighted by molar-refractivity contribution is 6.50. The minimum atomic E-state index is -6.00. The molecular formula is C15H23BF4N2. The molecule has 0 spiro atoms. The van der Waals surface area contributed by atoms with Crippen molar-refractivity contribution in [2.24, 2.45) is 0 Å². The maximum Gasteiger partial charge on any atom is 0.673 e. The average Bonchev–Trinajstić information content (AvgIpc) is 2.28. The zero-order valence-corrected chi connectivity index (χ0v) is 13.9. The van der Waals surface area contributed by atoms with Crippen molar-refractivity contribution in [1.82, 2.24) is 4.90 Å². The number of rotatable bonds is 3. The summed E-state index contributed by atoms with van der Waals surface area (Å²) in [7, 11) is 2.18. The SMILES string of the molecule is Cc1ccc(C(=CN(C)C)C=[N+](C)C)cc1C.F[B-](F)(F)F. The fraction of sp³-hybridized carbons (Fsp3) is 0.400. The van der Waals surface area contributed by atoms with Crippen LogP contribution >= 0.6 is 0 Å². The fourth-order valence-electron chi connectivity index (χ4n) is 1.66. The van der Waals surface area contributed by atoms with E-state index in [9.17, 15) is 17.3 Å². The molecular weight excluding hydrogens is 295 g/mol. The zero-order chi connectivity index (χ0) is 17.5. The Morgan fingerprint density at radius 3 is 1.91 bits per heavy atom. The van der Waals surface area contributed by atoms with Crippen molar-refractivity contribution >= 4 is 19.0 Å². The summed E-state index contributed by atoms with van der Waals surface area (Å²) in [6.45, 7) is 4.30. The number of allylic oxidation sites excluding steroid dienone is 1. The highest BCUT2D eigenvalue weighted by Gasteiger charge is 2.20. The second-order valence-corrected chi connectivity index (χ2v) is 5.43. The normalized spacial score (nSPS) is 11.5. The molecule has 0 fully saturated rings. The molecule has 0 radical (unpaired) electrons. The van der Waals surface area contributed by atoms with Crippen molar-refractivity contribution in [3.8, 4) is 0 Å². The van der Waals surface area contributed by atoms with E-state index in [4.69, 9.17) is 0 Å². The molecule has 124 valence electrons. The molecule has 0 unspecified atom stereocenters. The number of halogens is 4. The van der Waals surface area contributed by atoms with E-state index in [1.807, 2.05) is 28.2 Å². The average molecular weight is 318 g/mol. The smallest absolute Gasteiger partial charge is 0.418 e. The first-order chi connectivity index (χ1) is 9.90. The third kappa shape index (κ3) is 10.0. The van der Waals surface area contributed by atoms with Gasteiger partial charge in [0.2, 0.25) is 0 Å². The van der Waals surface area contributed by atoms with Crippen LogP contribution in [0.25, 0.3) is 5.57 Å². The van der Waals surface area contributed by atoms with E-state index in [-0.39, 0.29) is 0 Å². The molecule has 0 saturated heterocycles. The van der Waals surface area contributed by atoms with Gasteiger partial charge in [-0.05, 0) is 30.5 Å². The maximum atomic E-state index is 9.75. The van der Waals surface area contributed by atoms with Gasteiger partial charge in [0.25, 0.3) is 0 Å². The lowest BCUT2D eigenvalue weighted by molar-refractivity contribution is -0.458. The monoisotopic (exact) mass is 318 g/mol. The van der Waals surface area contributed by atoms with Gasteiger partial charge < -0.3 is 22.2 Å². The molecule has 1 aromatic rings. The van der Waals surface area contributed by atoms with Gasteiger partial charge in [-0.3, -0.25) is 0 Å². The first-order valence-electron chi connectivity index (χ1n) is 6.74. The molecule has 1 rings (SSSR count). The van der Waals surface area contributed by atoms with E-state index in [2.05, 4.69) is 53.9 Å². The van der Waals surface area contributed by atoms with Crippen LogP contribution in [0.15, 0.2) is 24.4 Å². The summed E-state index contributed by atoms with van der Waals surface area (Å²) in [5.74, 6) is 0. The topological polar surface area (TPSA) is 6.25 Å². The Morgan fingerprint density at radius 2 is 1.55 bits per heavy atom. The van der Waals surface area contributed by atoms with Crippen LogP contribution in [0.4, 0.5) is 17.3 Å². The van der Waals surface area contributed by atoms with Crippen molar-refractivity contribution in [1.29, 1.82) is 0 Å². The Balaban J connectivity index is 0.000000763. The molecule has 0 N–H and O–H groups in total. The van der Waals surface area contributed by atoms with Gasteiger partial charge in [-0.25, -0.2) is 4.58 Å². The van der Waals surface area contributed by atoms with E-state index >= 15 is 0 Å². The highest BCUT2D eigenvalue weighted by atomic mass is 19.5. The van der Waals surface area contributed by atoms with Gasteiger partial charge in [-0.1, -0.05) is 18.2 Å². The Hall–Kier alpha value is -1.79. The van der Waals surface area contributed by atoms with Gasteiger partial charge in [0.15, 0.2) is 6.21 Å². The maximum absolute atomic E-state index is 9.75. The molecule has 0 bridgehead atoms. The second kappa shape index (κ2) is 8.61. The predicted octanol–water partition coefficient (Wildman–Crippen LogP) is 3.85. The first-order valence-corrected chi connectivity index (χ1v) is 6.74. The van der Waals surface area contributed by atoms with Crippen LogP contribution in [0.2, 0.25) is 0 Å². The van der Waals surface area contributed by atoms with E-state index in [0.717, 1.165) is 0 Å². The lowest BCUT2D eigenvalue weighted by atomic mass is 10.0. The molecule has 0 aliphatic carbocycles. The minimum Gasteiger partial charge on any atom is -0.418 e. The van der Waals surface area contributed by atoms with Crippen molar-refractivity contribution in [3.05, 3.63) is 41.1 Å². The molecule has 1 aromatic carbocycles. The van der Waals surface area contributed by atoms with Crippen LogP contribution in [-0.4, -0.2) is 51.1 Å². The van der Waals surface area contributed by atoms with Crippen molar-refractivity contribution in [2.45, 2.75) is 13.8 Å². The molecule has 0 heterocycles. The van der Waals surface area contributed by atoms with Gasteiger partial charge in [-0.2, -0.15) is 0 Å². The van der Waals surface area contributed by atoms with E-state index in [1.165, 1.54) is 22.3 Å². The number of benzene rings is 1. The predicted molar refractivity (Wildman–Crippen MR) is 85.9 cm³/mol. The summed E-state index contributed by atoms with van der Waals surface area (Å²) in [4.78, 5) is 2.07. The third-order valence-corrected chi connectivity index (χ3v) is 2.63. The molecule has 0 saturated carbocycles. The van der Waals surface area contributed by atoms with Crippen LogP contribution in [0.3, 0.4) is 0 Å². The lowest BCUT2D eigenvalue weighted by Crippen LogP contribution is -2.07. The largest absolute Gasteiger partial charge is 0.673 e. The van der Waals surface area contributed by atoms with Gasteiger partial charge in [0.1, 0.15) is 14.1 Å². The van der Waals surface area contributed by atoms with Crippen molar-refractivity contribution in [3.63, 3.8) is 0 Å². The fourth-order valence-corrected chi connectivity index (χ4v) is 1.66. The standard InChI is InChI=1S/C15H23N2.BF4/c1-12-7-8-14(9-13(12)2)15(10-16(3)4)11-17(5)6;2-1(3,4)5/h7-11H,1-6H3;/q+1;-1. The zero-order valence-electron chi connectivity index (χ0n) is 13.9. The van der Waals surface area contributed by atoms with Gasteiger partial charge in [0.05, 0.1) is 5.57 Å². The van der Waals surface area contributed by atoms with Crippen molar-refractivity contribution < 1.29 is 21.8 Å². The molecule has 7 heteroatoms. The van der Waals surface area contributed by atoms with E-state index in [1.54, 1.807) is 0 Å². The molecule has 0 atom stereocenters. The summed E-state index contributed by atoms with van der Waals surface area (Å²) in [5.41, 5.74) is 5.15. The summed E-state index contributed by atoms with van der Waals surface area (Å²) >= 11 is 0. The first kappa shape index (κ1) is 20.2. The van der Waals surface area contributed by atoms with E-state index in [0.29, 0.717) is 0 Å². The second-order valence-electron chi connectivity index (χ2n) is 5.43. The summed E-state index contributed by atoms with van der Waals surface area (Å²) < 4.78 is 41.1. The molecule has 0 aliphatic rings. The quantitative estimate of drug-likeness (QED) is 0.355. The van der Waals surface area contributed by atoms with Gasteiger partial charge in [-0.15, -0.1) is 0 Å². The molecule has 0 aliphatic heterocycles. The van der Waals surface area contributed by atoms with Crippen molar-refractivity contribution in [2.75, 3.05) is 28.2 Å². The van der Waals surface area contributed by atoms with Gasteiger partial charge in [0, 0.05) is 20.3 Å². The Labute approximate surface area is 129 Å². The number of aryl methyl sites for hydroxylation is 2. The Kier molecular flexibility index (Phi) is 7.91. The van der Waals surface area contributed by atoms with Crippen LogP contribution in [-0.2, 0) is 0 Å². The molecule has 2 nitrogen and oxygen atoms in total. The number of nitrogens with zero attached hydrogens (tertiary/aromatic N) is 2. The van der Waals surface area contributed by atoms with Gasteiger partial charge >= 0.3 is 7.25 Å². The van der Waals surface area contributed by atoms with Crippen LogP contribution in [0, 0.1) is 13.8 Å². The molecule has 22 heavy (non-hydrogen) atoms. The molecule has 0 aromatic heterocycles. The van der Waals surface area contributed by atoms with Crippen LogP contribution in [0.5, 0.6) is 0 Å². The summed E-state index contributed by atoms with van der Waals surface area (Å²) in [5, 5.41) is 0.